The molecule has 0 unspecified atom stereocenters. The Kier molecular flexibility index (Phi) is 9.43. The van der Waals surface area contributed by atoms with Crippen molar-refractivity contribution in [1.82, 2.24) is 4.90 Å². The van der Waals surface area contributed by atoms with Crippen LogP contribution in [-0.2, 0) is 16.1 Å². The summed E-state index contributed by atoms with van der Waals surface area (Å²) in [5, 5.41) is 12.2. The van der Waals surface area contributed by atoms with Crippen molar-refractivity contribution < 1.29 is 28.6 Å². The average molecular weight is 582 g/mol. The maximum Gasteiger partial charge on any atom is 0.305 e. The maximum absolute atomic E-state index is 13.8. The van der Waals surface area contributed by atoms with Crippen molar-refractivity contribution in [3.63, 3.8) is 0 Å². The van der Waals surface area contributed by atoms with E-state index >= 15 is 0 Å². The van der Waals surface area contributed by atoms with E-state index in [4.69, 9.17) is 4.74 Å². The van der Waals surface area contributed by atoms with E-state index in [1.54, 1.807) is 30.3 Å². The summed E-state index contributed by atoms with van der Waals surface area (Å²) in [4.78, 5) is 41.4. The van der Waals surface area contributed by atoms with Crippen LogP contribution < -0.4 is 10.2 Å². The van der Waals surface area contributed by atoms with Gasteiger partial charge in [0.25, 0.3) is 11.8 Å². The van der Waals surface area contributed by atoms with E-state index in [9.17, 15) is 23.9 Å². The number of nitrogens with zero attached hydrogens (tertiary/aromatic N) is 2. The lowest BCUT2D eigenvalue weighted by Gasteiger charge is -2.31. The second-order valence-corrected chi connectivity index (χ2v) is 10.2. The van der Waals surface area contributed by atoms with E-state index < -0.39 is 17.7 Å². The van der Waals surface area contributed by atoms with E-state index in [1.807, 2.05) is 48.5 Å². The van der Waals surface area contributed by atoms with Gasteiger partial charge in [-0.3, -0.25) is 14.4 Å². The minimum Gasteiger partial charge on any atom is -0.481 e. The van der Waals surface area contributed by atoms with Gasteiger partial charge in [-0.15, -0.1) is 0 Å². The standard InChI is InChI=1S/C34H32FN3O5/c35-29-11-5-10-28(21-29)33(41)36-30-22-27(12-13-31(30)37-16-18-43-19-17-37)26-9-4-6-24(20-26)23-38(15-14-32(39)40)34(42)25-7-2-1-3-8-25/h1-13,20-22H,14-19,23H2,(H,36,41)(H,39,40). The number of aliphatic carboxylic acids is 1. The molecule has 0 radical (unpaired) electrons. The monoisotopic (exact) mass is 581 g/mol. The number of carboxylic acid groups (broad SMARTS) is 1. The Hall–Kier alpha value is -5.02. The highest BCUT2D eigenvalue weighted by molar-refractivity contribution is 6.06. The van der Waals surface area contributed by atoms with Crippen molar-refractivity contribution >= 4 is 29.2 Å². The number of amides is 2. The summed E-state index contributed by atoms with van der Waals surface area (Å²) in [6, 6.07) is 27.8. The number of carbonyl (C=O) groups is 3. The van der Waals surface area contributed by atoms with Crippen molar-refractivity contribution in [1.29, 1.82) is 0 Å². The highest BCUT2D eigenvalue weighted by Gasteiger charge is 2.20. The van der Waals surface area contributed by atoms with Crippen LogP contribution in [0.5, 0.6) is 0 Å². The van der Waals surface area contributed by atoms with E-state index in [2.05, 4.69) is 10.2 Å². The normalized spacial score (nSPS) is 12.9. The van der Waals surface area contributed by atoms with Crippen molar-refractivity contribution in [2.75, 3.05) is 43.1 Å². The predicted molar refractivity (Wildman–Crippen MR) is 163 cm³/mol. The average Bonchev–Trinajstić information content (AvgIpc) is 3.03. The third-order valence-electron chi connectivity index (χ3n) is 7.22. The van der Waals surface area contributed by atoms with Gasteiger partial charge in [-0.2, -0.15) is 0 Å². The summed E-state index contributed by atoms with van der Waals surface area (Å²) in [5.41, 5.74) is 4.64. The number of ether oxygens (including phenoxy) is 1. The Labute approximate surface area is 249 Å². The van der Waals surface area contributed by atoms with Crippen LogP contribution >= 0.6 is 0 Å². The molecule has 0 bridgehead atoms. The number of halogens is 1. The fraction of sp³-hybridized carbons (Fsp3) is 0.206. The third kappa shape index (κ3) is 7.64. The molecule has 0 aliphatic carbocycles. The summed E-state index contributed by atoms with van der Waals surface area (Å²) in [6.45, 7) is 2.77. The quantitative estimate of drug-likeness (QED) is 0.249. The lowest BCUT2D eigenvalue weighted by atomic mass is 10.0. The Bertz CT molecular complexity index is 1600. The molecule has 1 heterocycles. The summed E-state index contributed by atoms with van der Waals surface area (Å²) >= 11 is 0. The van der Waals surface area contributed by atoms with Crippen LogP contribution in [0.1, 0.15) is 32.7 Å². The Morgan fingerprint density at radius 2 is 1.56 bits per heavy atom. The van der Waals surface area contributed by atoms with Crippen molar-refractivity contribution in [3.05, 3.63) is 120 Å². The van der Waals surface area contributed by atoms with Gasteiger partial charge in [-0.05, 0) is 65.2 Å². The zero-order valence-electron chi connectivity index (χ0n) is 23.5. The fourth-order valence-corrected chi connectivity index (χ4v) is 5.04. The van der Waals surface area contributed by atoms with Gasteiger partial charge in [0.15, 0.2) is 0 Å². The molecule has 1 fully saturated rings. The molecule has 0 spiro atoms. The molecular weight excluding hydrogens is 549 g/mol. The highest BCUT2D eigenvalue weighted by Crippen LogP contribution is 2.33. The van der Waals surface area contributed by atoms with Crippen LogP contribution in [0.2, 0.25) is 0 Å². The third-order valence-corrected chi connectivity index (χ3v) is 7.22. The largest absolute Gasteiger partial charge is 0.481 e. The SMILES string of the molecule is O=C(O)CCN(Cc1cccc(-c2ccc(N3CCOCC3)c(NC(=O)c3cccc(F)c3)c2)c1)C(=O)c1ccccc1. The minimum absolute atomic E-state index is 0.0673. The lowest BCUT2D eigenvalue weighted by Crippen LogP contribution is -2.36. The number of carbonyl (C=O) groups excluding carboxylic acids is 2. The molecule has 8 nitrogen and oxygen atoms in total. The molecule has 0 saturated carbocycles. The van der Waals surface area contributed by atoms with Crippen LogP contribution in [0.3, 0.4) is 0 Å². The second-order valence-electron chi connectivity index (χ2n) is 10.2. The zero-order chi connectivity index (χ0) is 30.2. The van der Waals surface area contributed by atoms with Gasteiger partial charge >= 0.3 is 5.97 Å². The van der Waals surface area contributed by atoms with E-state index in [-0.39, 0.29) is 31.0 Å². The van der Waals surface area contributed by atoms with Crippen molar-refractivity contribution in [2.24, 2.45) is 0 Å². The molecule has 220 valence electrons. The smallest absolute Gasteiger partial charge is 0.305 e. The Balaban J connectivity index is 1.44. The molecule has 5 rings (SSSR count). The molecule has 4 aromatic rings. The van der Waals surface area contributed by atoms with E-state index in [0.717, 1.165) is 22.4 Å². The molecule has 2 N–H and O–H groups in total. The number of hydrogen-bond donors (Lipinski definition) is 2. The first-order valence-corrected chi connectivity index (χ1v) is 14.1. The number of anilines is 2. The van der Waals surface area contributed by atoms with Gasteiger partial charge in [-0.25, -0.2) is 4.39 Å². The van der Waals surface area contributed by atoms with Gasteiger partial charge in [-0.1, -0.05) is 48.5 Å². The molecule has 0 atom stereocenters. The number of morpholine rings is 1. The molecule has 2 amide bonds. The van der Waals surface area contributed by atoms with Crippen LogP contribution in [0.15, 0.2) is 97.1 Å². The number of nitrogens with one attached hydrogen (secondary N) is 1. The number of hydrogen-bond acceptors (Lipinski definition) is 5. The molecular formula is C34H32FN3O5. The maximum atomic E-state index is 13.8. The highest BCUT2D eigenvalue weighted by atomic mass is 19.1. The van der Waals surface area contributed by atoms with Gasteiger partial charge in [0.05, 0.1) is 31.0 Å². The lowest BCUT2D eigenvalue weighted by molar-refractivity contribution is -0.137. The number of carboxylic acids is 1. The summed E-state index contributed by atoms with van der Waals surface area (Å²) in [7, 11) is 0. The molecule has 0 aromatic heterocycles. The first-order chi connectivity index (χ1) is 20.9. The summed E-state index contributed by atoms with van der Waals surface area (Å²) < 4.78 is 19.3. The van der Waals surface area contributed by atoms with E-state index in [1.165, 1.54) is 23.1 Å². The summed E-state index contributed by atoms with van der Waals surface area (Å²) in [5.74, 6) is -2.14. The molecule has 1 aliphatic heterocycles. The van der Waals surface area contributed by atoms with Gasteiger partial charge in [0, 0.05) is 37.3 Å². The van der Waals surface area contributed by atoms with Crippen LogP contribution in [0, 0.1) is 5.82 Å². The van der Waals surface area contributed by atoms with Gasteiger partial charge in [0.1, 0.15) is 5.82 Å². The Morgan fingerprint density at radius 3 is 2.30 bits per heavy atom. The molecule has 9 heteroatoms. The van der Waals surface area contributed by atoms with E-state index in [0.29, 0.717) is 37.6 Å². The van der Waals surface area contributed by atoms with Gasteiger partial charge in [0.2, 0.25) is 0 Å². The topological polar surface area (TPSA) is 99.2 Å². The van der Waals surface area contributed by atoms with Crippen molar-refractivity contribution in [2.45, 2.75) is 13.0 Å². The number of benzene rings is 4. The zero-order valence-corrected chi connectivity index (χ0v) is 23.5. The number of rotatable bonds is 10. The predicted octanol–water partition coefficient (Wildman–Crippen LogP) is 5.70. The van der Waals surface area contributed by atoms with Crippen LogP contribution in [-0.4, -0.2) is 60.6 Å². The molecule has 43 heavy (non-hydrogen) atoms. The molecule has 1 aliphatic rings. The fourth-order valence-electron chi connectivity index (χ4n) is 5.04. The second kappa shape index (κ2) is 13.8. The van der Waals surface area contributed by atoms with Crippen molar-refractivity contribution in [3.8, 4) is 11.1 Å². The minimum atomic E-state index is -0.979. The van der Waals surface area contributed by atoms with Crippen LogP contribution in [0.4, 0.5) is 15.8 Å². The summed E-state index contributed by atoms with van der Waals surface area (Å²) in [6.07, 6.45) is -0.171. The first kappa shape index (κ1) is 29.5. The Morgan fingerprint density at radius 1 is 0.837 bits per heavy atom. The van der Waals surface area contributed by atoms with Gasteiger partial charge < -0.3 is 25.0 Å². The first-order valence-electron chi connectivity index (χ1n) is 14.1. The molecule has 1 saturated heterocycles. The molecule has 4 aromatic carbocycles. The van der Waals surface area contributed by atoms with Crippen LogP contribution in [0.25, 0.3) is 11.1 Å².